The number of fused-ring (bicyclic) bond motifs is 1. The van der Waals surface area contributed by atoms with Crippen LogP contribution in [-0.2, 0) is 0 Å². The topological polar surface area (TPSA) is 30.2 Å². The van der Waals surface area contributed by atoms with Gasteiger partial charge in [-0.25, -0.2) is 9.97 Å². The summed E-state index contributed by atoms with van der Waals surface area (Å²) < 4.78 is 1.83. The molecule has 84 valence electrons. The highest BCUT2D eigenvalue weighted by Crippen LogP contribution is 2.27. The maximum Gasteiger partial charge on any atom is 0.174 e. The fourth-order valence-corrected chi connectivity index (χ4v) is 2.16. The molecule has 2 heterocycles. The highest BCUT2D eigenvalue weighted by molar-refractivity contribution is 6.33. The van der Waals surface area contributed by atoms with Crippen LogP contribution in [0.15, 0.2) is 42.9 Å². The lowest BCUT2D eigenvalue weighted by atomic mass is 10.1. The Kier molecular flexibility index (Phi) is 2.50. The van der Waals surface area contributed by atoms with Crippen molar-refractivity contribution in [2.45, 2.75) is 0 Å². The van der Waals surface area contributed by atoms with Crippen molar-refractivity contribution >= 4 is 28.8 Å². The molecule has 3 aromatic rings. The third-order valence-corrected chi connectivity index (χ3v) is 3.07. The summed E-state index contributed by atoms with van der Waals surface area (Å²) in [4.78, 5) is 8.41. The molecule has 0 unspecified atom stereocenters. The van der Waals surface area contributed by atoms with Crippen LogP contribution in [0, 0.1) is 0 Å². The predicted molar refractivity (Wildman–Crippen MR) is 68.4 cm³/mol. The minimum atomic E-state index is 0.368. The van der Waals surface area contributed by atoms with Gasteiger partial charge in [-0.3, -0.25) is 0 Å². The Morgan fingerprint density at radius 2 is 1.94 bits per heavy atom. The lowest BCUT2D eigenvalue weighted by Crippen LogP contribution is -1.92. The van der Waals surface area contributed by atoms with Gasteiger partial charge in [0.1, 0.15) is 0 Å². The lowest BCUT2D eigenvalue weighted by molar-refractivity contribution is 1.13. The van der Waals surface area contributed by atoms with Gasteiger partial charge in [0.15, 0.2) is 10.8 Å². The number of halogens is 2. The number of imidazole rings is 1. The van der Waals surface area contributed by atoms with Gasteiger partial charge >= 0.3 is 0 Å². The molecular formula is C12H7Cl2N3. The van der Waals surface area contributed by atoms with Gasteiger partial charge in [-0.05, 0) is 6.07 Å². The van der Waals surface area contributed by atoms with E-state index in [0.29, 0.717) is 15.8 Å². The zero-order valence-corrected chi connectivity index (χ0v) is 10.2. The van der Waals surface area contributed by atoms with Gasteiger partial charge in [0.2, 0.25) is 0 Å². The molecule has 0 aliphatic heterocycles. The molecule has 0 radical (unpaired) electrons. The molecular weight excluding hydrogens is 257 g/mol. The third kappa shape index (κ3) is 1.77. The first-order valence-corrected chi connectivity index (χ1v) is 5.75. The summed E-state index contributed by atoms with van der Waals surface area (Å²) in [5.74, 6) is 0. The normalized spacial score (nSPS) is 10.9. The van der Waals surface area contributed by atoms with Crippen molar-refractivity contribution in [2.75, 3.05) is 0 Å². The van der Waals surface area contributed by atoms with Gasteiger partial charge in [-0.2, -0.15) is 0 Å². The number of benzene rings is 1. The Labute approximate surface area is 108 Å². The molecule has 0 saturated carbocycles. The molecule has 0 aliphatic carbocycles. The second-order valence-corrected chi connectivity index (χ2v) is 4.32. The molecule has 0 atom stereocenters. The molecule has 0 N–H and O–H groups in total. The zero-order valence-electron chi connectivity index (χ0n) is 8.64. The molecule has 3 rings (SSSR count). The van der Waals surface area contributed by atoms with E-state index in [9.17, 15) is 0 Å². The van der Waals surface area contributed by atoms with E-state index >= 15 is 0 Å². The van der Waals surface area contributed by atoms with Gasteiger partial charge in [0.05, 0.1) is 10.7 Å². The summed E-state index contributed by atoms with van der Waals surface area (Å²) >= 11 is 12.2. The SMILES string of the molecule is Clc1ccccc1-c1cn2ccnc2c(Cl)n1. The summed E-state index contributed by atoms with van der Waals surface area (Å²) in [6.45, 7) is 0. The molecule has 3 nitrogen and oxygen atoms in total. The predicted octanol–water partition coefficient (Wildman–Crippen LogP) is 3.70. The number of hydrogen-bond acceptors (Lipinski definition) is 2. The van der Waals surface area contributed by atoms with Crippen molar-refractivity contribution in [1.29, 1.82) is 0 Å². The second kappa shape index (κ2) is 4.02. The van der Waals surface area contributed by atoms with Gasteiger partial charge in [-0.1, -0.05) is 41.4 Å². The Morgan fingerprint density at radius 1 is 1.12 bits per heavy atom. The molecule has 5 heteroatoms. The molecule has 0 aliphatic rings. The maximum absolute atomic E-state index is 6.13. The van der Waals surface area contributed by atoms with Gasteiger partial charge in [0.25, 0.3) is 0 Å². The van der Waals surface area contributed by atoms with Crippen LogP contribution in [-0.4, -0.2) is 14.4 Å². The van der Waals surface area contributed by atoms with Crippen molar-refractivity contribution in [1.82, 2.24) is 14.4 Å². The smallest absolute Gasteiger partial charge is 0.174 e. The monoisotopic (exact) mass is 263 g/mol. The van der Waals surface area contributed by atoms with E-state index in [1.165, 1.54) is 0 Å². The number of hydrogen-bond donors (Lipinski definition) is 0. The first-order chi connectivity index (χ1) is 8.25. The van der Waals surface area contributed by atoms with Crippen LogP contribution in [0.1, 0.15) is 0 Å². The zero-order chi connectivity index (χ0) is 11.8. The summed E-state index contributed by atoms with van der Waals surface area (Å²) in [5.41, 5.74) is 2.22. The van der Waals surface area contributed by atoms with E-state index in [4.69, 9.17) is 23.2 Å². The van der Waals surface area contributed by atoms with Crippen molar-refractivity contribution < 1.29 is 0 Å². The first kappa shape index (κ1) is 10.6. The van der Waals surface area contributed by atoms with Crippen LogP contribution >= 0.6 is 23.2 Å². The van der Waals surface area contributed by atoms with Crippen LogP contribution in [0.25, 0.3) is 16.9 Å². The molecule has 0 amide bonds. The van der Waals surface area contributed by atoms with E-state index in [1.54, 1.807) is 6.20 Å². The Morgan fingerprint density at radius 3 is 2.76 bits per heavy atom. The largest absolute Gasteiger partial charge is 0.302 e. The maximum atomic E-state index is 6.13. The average Bonchev–Trinajstić information content (AvgIpc) is 2.78. The van der Waals surface area contributed by atoms with Crippen LogP contribution in [0.3, 0.4) is 0 Å². The second-order valence-electron chi connectivity index (χ2n) is 3.55. The highest BCUT2D eigenvalue weighted by atomic mass is 35.5. The van der Waals surface area contributed by atoms with Crippen molar-refractivity contribution in [3.8, 4) is 11.3 Å². The summed E-state index contributed by atoms with van der Waals surface area (Å²) in [6, 6.07) is 7.52. The third-order valence-electron chi connectivity index (χ3n) is 2.48. The van der Waals surface area contributed by atoms with Gasteiger partial charge < -0.3 is 4.40 Å². The number of aromatic nitrogens is 3. The molecule has 0 spiro atoms. The van der Waals surface area contributed by atoms with E-state index < -0.39 is 0 Å². The fourth-order valence-electron chi connectivity index (χ4n) is 1.69. The Bertz CT molecular complexity index is 691. The van der Waals surface area contributed by atoms with E-state index in [1.807, 2.05) is 41.1 Å². The highest BCUT2D eigenvalue weighted by Gasteiger charge is 2.09. The Hall–Kier alpha value is -1.58. The molecule has 0 fully saturated rings. The number of rotatable bonds is 1. The molecule has 0 bridgehead atoms. The fraction of sp³-hybridized carbons (Fsp3) is 0. The van der Waals surface area contributed by atoms with Crippen LogP contribution in [0.5, 0.6) is 0 Å². The van der Waals surface area contributed by atoms with E-state index in [-0.39, 0.29) is 0 Å². The summed E-state index contributed by atoms with van der Waals surface area (Å²) in [6.07, 6.45) is 5.36. The minimum Gasteiger partial charge on any atom is -0.302 e. The average molecular weight is 264 g/mol. The van der Waals surface area contributed by atoms with Crippen LogP contribution < -0.4 is 0 Å². The summed E-state index contributed by atoms with van der Waals surface area (Å²) in [7, 11) is 0. The van der Waals surface area contributed by atoms with Crippen LogP contribution in [0.2, 0.25) is 10.2 Å². The van der Waals surface area contributed by atoms with Gasteiger partial charge in [0, 0.05) is 24.2 Å². The summed E-state index contributed by atoms with van der Waals surface area (Å²) in [5, 5.41) is 1.02. The van der Waals surface area contributed by atoms with Crippen molar-refractivity contribution in [3.63, 3.8) is 0 Å². The first-order valence-electron chi connectivity index (χ1n) is 5.00. The quantitative estimate of drug-likeness (QED) is 0.670. The molecule has 1 aromatic carbocycles. The van der Waals surface area contributed by atoms with E-state index in [0.717, 1.165) is 11.3 Å². The van der Waals surface area contributed by atoms with Gasteiger partial charge in [-0.15, -0.1) is 0 Å². The lowest BCUT2D eigenvalue weighted by Gasteiger charge is -2.05. The number of nitrogens with zero attached hydrogens (tertiary/aromatic N) is 3. The standard InChI is InChI=1S/C12H7Cl2N3/c13-9-4-2-1-3-8(9)10-7-17-6-5-15-12(17)11(14)16-10/h1-7H. The molecule has 0 saturated heterocycles. The van der Waals surface area contributed by atoms with Crippen LogP contribution in [0.4, 0.5) is 0 Å². The molecule has 2 aromatic heterocycles. The molecule has 17 heavy (non-hydrogen) atoms. The van der Waals surface area contributed by atoms with Crippen molar-refractivity contribution in [3.05, 3.63) is 53.0 Å². The minimum absolute atomic E-state index is 0.368. The van der Waals surface area contributed by atoms with E-state index in [2.05, 4.69) is 9.97 Å². The van der Waals surface area contributed by atoms with Crippen molar-refractivity contribution in [2.24, 2.45) is 0 Å². The Balaban J connectivity index is 2.28.